The Morgan fingerprint density at radius 1 is 1.00 bits per heavy atom. The molecule has 0 aliphatic carbocycles. The summed E-state index contributed by atoms with van der Waals surface area (Å²) in [6.07, 6.45) is 1.38. The topological polar surface area (TPSA) is 55.4 Å². The zero-order chi connectivity index (χ0) is 26.0. The molecule has 192 valence electrons. The number of hydrogen-bond donors (Lipinski definition) is 1. The molecule has 0 aromatic heterocycles. The number of piperidine rings is 3. The number of ether oxygens (including phenoxy) is 1. The maximum atomic E-state index is 14.4. The number of carbonyl (C=O) groups is 2. The molecule has 3 aliphatic rings. The molecule has 3 aromatic carbocycles. The van der Waals surface area contributed by atoms with E-state index in [1.165, 1.54) is 30.3 Å². The number of quaternary nitrogens is 1. The van der Waals surface area contributed by atoms with Crippen molar-refractivity contribution in [2.24, 2.45) is 5.92 Å². The molecule has 37 heavy (non-hydrogen) atoms. The van der Waals surface area contributed by atoms with Crippen LogP contribution in [0.4, 0.5) is 14.5 Å². The predicted molar refractivity (Wildman–Crippen MR) is 137 cm³/mol. The van der Waals surface area contributed by atoms with Crippen LogP contribution in [0.3, 0.4) is 0 Å². The van der Waals surface area contributed by atoms with Crippen molar-refractivity contribution in [3.05, 3.63) is 102 Å². The summed E-state index contributed by atoms with van der Waals surface area (Å²) in [4.78, 5) is 26.7. The molecule has 6 rings (SSSR count). The molecule has 0 amide bonds. The molecule has 7 heteroatoms. The minimum Gasteiger partial charge on any atom is -0.454 e. The Kier molecular flexibility index (Phi) is 7.07. The van der Waals surface area contributed by atoms with E-state index in [1.54, 1.807) is 18.2 Å². The van der Waals surface area contributed by atoms with Gasteiger partial charge in [0.1, 0.15) is 24.7 Å². The van der Waals surface area contributed by atoms with E-state index < -0.39 is 23.6 Å². The van der Waals surface area contributed by atoms with Crippen molar-refractivity contribution in [1.82, 2.24) is 0 Å². The number of carbonyl (C=O) groups excluding carboxylic acids is 2. The summed E-state index contributed by atoms with van der Waals surface area (Å²) in [5, 5.41) is 2.96. The average molecular weight is 506 g/mol. The second-order valence-electron chi connectivity index (χ2n) is 10.3. The largest absolute Gasteiger partial charge is 0.454 e. The Morgan fingerprint density at radius 3 is 2.41 bits per heavy atom. The minimum atomic E-state index is -1.01. The molecule has 3 fully saturated rings. The van der Waals surface area contributed by atoms with Crippen molar-refractivity contribution in [1.29, 1.82) is 0 Å². The Bertz CT molecular complexity index is 1270. The van der Waals surface area contributed by atoms with Gasteiger partial charge in [-0.25, -0.2) is 13.6 Å². The van der Waals surface area contributed by atoms with Gasteiger partial charge < -0.3 is 14.5 Å². The fraction of sp³-hybridized carbons (Fsp3) is 0.333. The van der Waals surface area contributed by atoms with Crippen LogP contribution in [-0.2, 0) is 9.53 Å². The second-order valence-corrected chi connectivity index (χ2v) is 10.3. The fourth-order valence-electron chi connectivity index (χ4n) is 5.86. The van der Waals surface area contributed by atoms with Gasteiger partial charge in [0.2, 0.25) is 5.78 Å². The third-order valence-electron chi connectivity index (χ3n) is 8.03. The van der Waals surface area contributed by atoms with Gasteiger partial charge in [0.25, 0.3) is 0 Å². The SMILES string of the molecule is CC1CC2CC[N+]1(CC(=O)c1ccccc1)CC2OC(=O)C(Nc1ccccc1F)c1ccc(F)cc1. The molecule has 3 aromatic rings. The van der Waals surface area contributed by atoms with E-state index in [9.17, 15) is 18.4 Å². The second kappa shape index (κ2) is 10.4. The highest BCUT2D eigenvalue weighted by Crippen LogP contribution is 2.40. The molecule has 5 nitrogen and oxygen atoms in total. The van der Waals surface area contributed by atoms with E-state index >= 15 is 0 Å². The smallest absolute Gasteiger partial charge is 0.333 e. The molecule has 1 N–H and O–H groups in total. The van der Waals surface area contributed by atoms with E-state index in [0.717, 1.165) is 19.4 Å². The van der Waals surface area contributed by atoms with E-state index in [2.05, 4.69) is 12.2 Å². The zero-order valence-corrected chi connectivity index (χ0v) is 20.8. The van der Waals surface area contributed by atoms with Gasteiger partial charge in [-0.05, 0) is 36.8 Å². The van der Waals surface area contributed by atoms with Crippen LogP contribution >= 0.6 is 0 Å². The predicted octanol–water partition coefficient (Wildman–Crippen LogP) is 5.54. The van der Waals surface area contributed by atoms with Crippen LogP contribution in [0.1, 0.15) is 41.7 Å². The summed E-state index contributed by atoms with van der Waals surface area (Å²) in [6.45, 7) is 3.96. The van der Waals surface area contributed by atoms with Crippen molar-refractivity contribution in [2.75, 3.05) is 25.0 Å². The molecule has 5 unspecified atom stereocenters. The van der Waals surface area contributed by atoms with Gasteiger partial charge in [-0.1, -0.05) is 54.6 Å². The quantitative estimate of drug-likeness (QED) is 0.248. The monoisotopic (exact) mass is 505 g/mol. The molecule has 0 radical (unpaired) electrons. The summed E-state index contributed by atoms with van der Waals surface area (Å²) in [5.74, 6) is -1.18. The average Bonchev–Trinajstić information content (AvgIpc) is 2.90. The summed E-state index contributed by atoms with van der Waals surface area (Å²) < 4.78 is 34.7. The van der Waals surface area contributed by atoms with Crippen LogP contribution in [-0.4, -0.2) is 48.0 Å². The van der Waals surface area contributed by atoms with Crippen molar-refractivity contribution >= 4 is 17.4 Å². The highest BCUT2D eigenvalue weighted by molar-refractivity contribution is 5.97. The molecular weight excluding hydrogens is 474 g/mol. The van der Waals surface area contributed by atoms with E-state index in [4.69, 9.17) is 4.74 Å². The molecule has 5 atom stereocenters. The molecule has 0 spiro atoms. The lowest BCUT2D eigenvalue weighted by atomic mass is 9.78. The summed E-state index contributed by atoms with van der Waals surface area (Å²) in [6, 6.07) is 20.2. The number of anilines is 1. The minimum absolute atomic E-state index is 0.0864. The Labute approximate surface area is 215 Å². The number of benzene rings is 3. The number of nitrogens with zero attached hydrogens (tertiary/aromatic N) is 1. The number of ketones is 1. The van der Waals surface area contributed by atoms with Crippen LogP contribution in [0.5, 0.6) is 0 Å². The normalized spacial score (nSPS) is 25.3. The number of fused-ring (bicyclic) bond motifs is 3. The van der Waals surface area contributed by atoms with Crippen LogP contribution in [0.25, 0.3) is 0 Å². The van der Waals surface area contributed by atoms with Gasteiger partial charge in [0.15, 0.2) is 12.1 Å². The Balaban J connectivity index is 1.36. The van der Waals surface area contributed by atoms with Gasteiger partial charge in [-0.3, -0.25) is 4.79 Å². The van der Waals surface area contributed by atoms with Crippen LogP contribution < -0.4 is 5.32 Å². The zero-order valence-electron chi connectivity index (χ0n) is 20.8. The van der Waals surface area contributed by atoms with Crippen LogP contribution in [0.2, 0.25) is 0 Å². The van der Waals surface area contributed by atoms with Gasteiger partial charge in [-0.2, -0.15) is 0 Å². The maximum absolute atomic E-state index is 14.4. The van der Waals surface area contributed by atoms with Crippen LogP contribution in [0.15, 0.2) is 78.9 Å². The van der Waals surface area contributed by atoms with Crippen molar-refractivity contribution < 1.29 is 27.6 Å². The van der Waals surface area contributed by atoms with E-state index in [-0.39, 0.29) is 29.5 Å². The molecule has 3 saturated heterocycles. The number of halogens is 2. The summed E-state index contributed by atoms with van der Waals surface area (Å²) in [7, 11) is 0. The highest BCUT2D eigenvalue weighted by Gasteiger charge is 2.52. The molecule has 3 aliphatic heterocycles. The number of esters is 1. The summed E-state index contributed by atoms with van der Waals surface area (Å²) in [5.41, 5.74) is 1.33. The van der Waals surface area contributed by atoms with Gasteiger partial charge in [-0.15, -0.1) is 0 Å². The first kappa shape index (κ1) is 25.1. The molecule has 2 bridgehead atoms. The third-order valence-corrected chi connectivity index (χ3v) is 8.03. The van der Waals surface area contributed by atoms with Crippen LogP contribution in [0, 0.1) is 17.6 Å². The van der Waals surface area contributed by atoms with Gasteiger partial charge in [0.05, 0.1) is 18.3 Å². The highest BCUT2D eigenvalue weighted by atomic mass is 19.1. The Morgan fingerprint density at radius 2 is 1.70 bits per heavy atom. The van der Waals surface area contributed by atoms with E-state index in [0.29, 0.717) is 28.7 Å². The Hall–Kier alpha value is -3.58. The number of para-hydroxylation sites is 1. The first-order valence-corrected chi connectivity index (χ1v) is 12.8. The first-order chi connectivity index (χ1) is 17.8. The maximum Gasteiger partial charge on any atom is 0.333 e. The number of hydrogen-bond acceptors (Lipinski definition) is 4. The van der Waals surface area contributed by atoms with Crippen molar-refractivity contribution in [3.63, 3.8) is 0 Å². The fourth-order valence-corrected chi connectivity index (χ4v) is 5.86. The molecule has 3 heterocycles. The van der Waals surface area contributed by atoms with Crippen molar-refractivity contribution in [3.8, 4) is 0 Å². The summed E-state index contributed by atoms with van der Waals surface area (Å²) >= 11 is 0. The molecular formula is C30H31F2N2O3+. The van der Waals surface area contributed by atoms with E-state index in [1.807, 2.05) is 30.3 Å². The van der Waals surface area contributed by atoms with Gasteiger partial charge in [0, 0.05) is 24.3 Å². The lowest BCUT2D eigenvalue weighted by Crippen LogP contribution is -2.69. The number of nitrogens with one attached hydrogen (secondary N) is 1. The number of rotatable bonds is 8. The van der Waals surface area contributed by atoms with Gasteiger partial charge >= 0.3 is 5.97 Å². The number of Topliss-reactive ketones (excluding diaryl/α,β-unsaturated/α-hetero) is 1. The van der Waals surface area contributed by atoms with Crippen molar-refractivity contribution in [2.45, 2.75) is 38.0 Å². The lowest BCUT2D eigenvalue weighted by molar-refractivity contribution is -0.960. The molecule has 0 saturated carbocycles. The standard InChI is InChI=1S/C30H31F2N2O3/c1-20-17-23-15-16-34(20,18-27(35)21-7-3-2-4-8-21)19-28(23)37-30(36)29(22-11-13-24(31)14-12-22)33-26-10-6-5-9-25(26)32/h2-14,20,23,28-29,33H,15-19H2,1H3/q+1. The third kappa shape index (κ3) is 5.27. The first-order valence-electron chi connectivity index (χ1n) is 12.8. The lowest BCUT2D eigenvalue weighted by Gasteiger charge is -2.55.